The second-order valence-electron chi connectivity index (χ2n) is 14.4. The molecule has 1 aliphatic heterocycles. The fourth-order valence-corrected chi connectivity index (χ4v) is 8.55. The van der Waals surface area contributed by atoms with Gasteiger partial charge in [0.05, 0.1) is 33.8 Å². The maximum absolute atomic E-state index is 5.32. The van der Waals surface area contributed by atoms with E-state index in [1.54, 1.807) is 0 Å². The molecule has 1 aliphatic rings. The first-order valence-corrected chi connectivity index (χ1v) is 19.1. The van der Waals surface area contributed by atoms with Crippen molar-refractivity contribution in [3.8, 4) is 61.6 Å². The summed E-state index contributed by atoms with van der Waals surface area (Å²) in [5, 5.41) is 2.51. The SMILES string of the molecule is c1ccc(-c2cc(-c3ccccc3)nc(-c3ccc4c(c3)-c3ccccc3-c3cc(-n5c6ccccc6c6ccccc65)ccc3N4c3ccccc3)c2)cc1. The van der Waals surface area contributed by atoms with Crippen LogP contribution in [-0.4, -0.2) is 9.55 Å². The average Bonchev–Trinajstić information content (AvgIpc) is 3.56. The van der Waals surface area contributed by atoms with E-state index in [0.29, 0.717) is 0 Å². The highest BCUT2D eigenvalue weighted by Crippen LogP contribution is 2.52. The monoisotopic (exact) mass is 713 g/mol. The van der Waals surface area contributed by atoms with E-state index in [1.807, 2.05) is 0 Å². The maximum atomic E-state index is 5.32. The average molecular weight is 714 g/mol. The van der Waals surface area contributed by atoms with Gasteiger partial charge in [0, 0.05) is 44.4 Å². The Kier molecular flexibility index (Phi) is 7.49. The van der Waals surface area contributed by atoms with Gasteiger partial charge in [0.1, 0.15) is 0 Å². The summed E-state index contributed by atoms with van der Waals surface area (Å²) in [6.07, 6.45) is 0. The van der Waals surface area contributed by atoms with Crippen molar-refractivity contribution < 1.29 is 0 Å². The van der Waals surface area contributed by atoms with E-state index in [-0.39, 0.29) is 0 Å². The lowest BCUT2D eigenvalue weighted by Crippen LogP contribution is -2.11. The Morgan fingerprint density at radius 2 is 0.804 bits per heavy atom. The van der Waals surface area contributed by atoms with Gasteiger partial charge in [0.15, 0.2) is 0 Å². The highest BCUT2D eigenvalue weighted by molar-refractivity contribution is 6.10. The van der Waals surface area contributed by atoms with Crippen molar-refractivity contribution in [3.05, 3.63) is 212 Å². The van der Waals surface area contributed by atoms with E-state index in [0.717, 1.165) is 62.0 Å². The molecule has 0 fully saturated rings. The fourth-order valence-electron chi connectivity index (χ4n) is 8.55. The van der Waals surface area contributed by atoms with E-state index in [4.69, 9.17) is 4.98 Å². The van der Waals surface area contributed by atoms with Gasteiger partial charge >= 0.3 is 0 Å². The van der Waals surface area contributed by atoms with Crippen LogP contribution in [0.5, 0.6) is 0 Å². The Balaban J connectivity index is 1.15. The molecule has 3 nitrogen and oxygen atoms in total. The van der Waals surface area contributed by atoms with Gasteiger partial charge in [-0.2, -0.15) is 0 Å². The van der Waals surface area contributed by atoms with E-state index in [2.05, 4.69) is 222 Å². The molecule has 3 heterocycles. The molecular formula is C53H35N3. The molecule has 0 spiro atoms. The van der Waals surface area contributed by atoms with Crippen LogP contribution in [0, 0.1) is 0 Å². The predicted octanol–water partition coefficient (Wildman–Crippen LogP) is 14.3. The number of anilines is 3. The van der Waals surface area contributed by atoms with E-state index >= 15 is 0 Å². The third kappa shape index (κ3) is 5.25. The van der Waals surface area contributed by atoms with Gasteiger partial charge in [0.2, 0.25) is 0 Å². The molecule has 0 unspecified atom stereocenters. The number of fused-ring (bicyclic) bond motifs is 8. The zero-order valence-electron chi connectivity index (χ0n) is 30.5. The molecule has 2 aromatic heterocycles. The molecule has 0 aliphatic carbocycles. The summed E-state index contributed by atoms with van der Waals surface area (Å²) >= 11 is 0. The van der Waals surface area contributed by atoms with Crippen LogP contribution in [0.4, 0.5) is 17.1 Å². The highest BCUT2D eigenvalue weighted by Gasteiger charge is 2.27. The number of hydrogen-bond donors (Lipinski definition) is 0. The minimum absolute atomic E-state index is 0.937. The van der Waals surface area contributed by atoms with Crippen LogP contribution < -0.4 is 4.90 Å². The Hall–Kier alpha value is -7.49. The van der Waals surface area contributed by atoms with Gasteiger partial charge in [-0.25, -0.2) is 4.98 Å². The zero-order chi connectivity index (χ0) is 37.0. The number of aromatic nitrogens is 2. The van der Waals surface area contributed by atoms with Crippen LogP contribution in [0.2, 0.25) is 0 Å². The van der Waals surface area contributed by atoms with Gasteiger partial charge in [-0.15, -0.1) is 0 Å². The van der Waals surface area contributed by atoms with Crippen molar-refractivity contribution in [1.29, 1.82) is 0 Å². The Morgan fingerprint density at radius 3 is 1.45 bits per heavy atom. The molecule has 0 saturated heterocycles. The molecule has 0 bridgehead atoms. The third-order valence-electron chi connectivity index (χ3n) is 11.1. The summed E-state index contributed by atoms with van der Waals surface area (Å²) in [6.45, 7) is 0. The van der Waals surface area contributed by atoms with E-state index in [9.17, 15) is 0 Å². The van der Waals surface area contributed by atoms with E-state index < -0.39 is 0 Å². The summed E-state index contributed by atoms with van der Waals surface area (Å²) in [4.78, 5) is 7.74. The second-order valence-corrected chi connectivity index (χ2v) is 14.4. The molecule has 262 valence electrons. The quantitative estimate of drug-likeness (QED) is 0.177. The van der Waals surface area contributed by atoms with Crippen molar-refractivity contribution in [1.82, 2.24) is 9.55 Å². The molecular weight excluding hydrogens is 679 g/mol. The number of para-hydroxylation sites is 3. The van der Waals surface area contributed by atoms with Gasteiger partial charge < -0.3 is 9.47 Å². The van der Waals surface area contributed by atoms with Crippen LogP contribution in [0.3, 0.4) is 0 Å². The van der Waals surface area contributed by atoms with Crippen LogP contribution in [-0.2, 0) is 0 Å². The topological polar surface area (TPSA) is 21.1 Å². The summed E-state index contributed by atoms with van der Waals surface area (Å²) < 4.78 is 2.41. The smallest absolute Gasteiger partial charge is 0.0715 e. The van der Waals surface area contributed by atoms with Crippen LogP contribution >= 0.6 is 0 Å². The molecule has 3 heteroatoms. The van der Waals surface area contributed by atoms with Crippen LogP contribution in [0.1, 0.15) is 0 Å². The van der Waals surface area contributed by atoms with Crippen molar-refractivity contribution in [3.63, 3.8) is 0 Å². The highest BCUT2D eigenvalue weighted by atomic mass is 15.2. The molecule has 11 rings (SSSR count). The van der Waals surface area contributed by atoms with E-state index in [1.165, 1.54) is 38.5 Å². The summed E-state index contributed by atoms with van der Waals surface area (Å²) in [5.41, 5.74) is 18.0. The van der Waals surface area contributed by atoms with Crippen LogP contribution in [0.25, 0.3) is 83.4 Å². The molecule has 0 N–H and O–H groups in total. The van der Waals surface area contributed by atoms with Gasteiger partial charge in [-0.05, 0) is 89.0 Å². The van der Waals surface area contributed by atoms with Gasteiger partial charge in [-0.3, -0.25) is 0 Å². The number of rotatable bonds is 5. The Labute approximate surface area is 326 Å². The molecule has 0 radical (unpaired) electrons. The minimum atomic E-state index is 0.937. The van der Waals surface area contributed by atoms with Crippen molar-refractivity contribution in [2.75, 3.05) is 4.90 Å². The lowest BCUT2D eigenvalue weighted by atomic mass is 9.92. The zero-order valence-corrected chi connectivity index (χ0v) is 30.5. The standard InChI is InChI=1S/C53H35N3/c1-4-16-36(17-5-1)39-33-48(37-18-6-2-7-19-37)54-49(34-39)38-28-30-52-46(32-38)42-22-10-11-23-43(42)47-35-41(29-31-53(47)55(52)40-20-8-3-9-21-40)56-50-26-14-12-24-44(50)45-25-13-15-27-51(45)56/h1-35H. The lowest BCUT2D eigenvalue weighted by molar-refractivity contribution is 1.18. The first-order chi connectivity index (χ1) is 27.8. The molecule has 10 aromatic rings. The fraction of sp³-hybridized carbons (Fsp3) is 0. The molecule has 56 heavy (non-hydrogen) atoms. The first-order valence-electron chi connectivity index (χ1n) is 19.1. The molecule has 0 amide bonds. The van der Waals surface area contributed by atoms with Crippen molar-refractivity contribution in [2.24, 2.45) is 0 Å². The van der Waals surface area contributed by atoms with Crippen LogP contribution in [0.15, 0.2) is 212 Å². The Morgan fingerprint density at radius 1 is 0.304 bits per heavy atom. The van der Waals surface area contributed by atoms with Gasteiger partial charge in [0.25, 0.3) is 0 Å². The third-order valence-corrected chi connectivity index (χ3v) is 11.1. The molecule has 8 aromatic carbocycles. The first kappa shape index (κ1) is 32.0. The number of pyridine rings is 1. The molecule has 0 saturated carbocycles. The molecule has 0 atom stereocenters. The summed E-state index contributed by atoms with van der Waals surface area (Å²) in [5.74, 6) is 0. The van der Waals surface area contributed by atoms with Gasteiger partial charge in [-0.1, -0.05) is 146 Å². The van der Waals surface area contributed by atoms with Crippen molar-refractivity contribution >= 4 is 38.9 Å². The predicted molar refractivity (Wildman–Crippen MR) is 234 cm³/mol. The number of hydrogen-bond acceptors (Lipinski definition) is 2. The minimum Gasteiger partial charge on any atom is -0.309 e. The maximum Gasteiger partial charge on any atom is 0.0715 e. The number of nitrogens with zero attached hydrogens (tertiary/aromatic N) is 3. The Bertz CT molecular complexity index is 2960. The summed E-state index contributed by atoms with van der Waals surface area (Å²) in [7, 11) is 0. The largest absolute Gasteiger partial charge is 0.309 e. The lowest BCUT2D eigenvalue weighted by Gasteiger charge is -2.28. The normalized spacial score (nSPS) is 11.9. The number of benzene rings is 8. The van der Waals surface area contributed by atoms with Crippen molar-refractivity contribution in [2.45, 2.75) is 0 Å². The summed E-state index contributed by atoms with van der Waals surface area (Å²) in [6, 6.07) is 76.4. The second kappa shape index (κ2) is 13.1.